The van der Waals surface area contributed by atoms with Gasteiger partial charge in [0, 0.05) is 30.8 Å². The summed E-state index contributed by atoms with van der Waals surface area (Å²) in [5, 5.41) is 16.8. The van der Waals surface area contributed by atoms with E-state index >= 15 is 0 Å². The zero-order chi connectivity index (χ0) is 16.9. The fraction of sp³-hybridized carbons (Fsp3) is 0.429. The van der Waals surface area contributed by atoms with Crippen LogP contribution in [0.1, 0.15) is 30.6 Å². The molecule has 0 unspecified atom stereocenters. The van der Waals surface area contributed by atoms with Crippen molar-refractivity contribution in [3.05, 3.63) is 28.5 Å². The van der Waals surface area contributed by atoms with Gasteiger partial charge < -0.3 is 10.1 Å². The van der Waals surface area contributed by atoms with Crippen LogP contribution in [0.15, 0.2) is 17.8 Å². The zero-order valence-electron chi connectivity index (χ0n) is 13.4. The Kier molecular flexibility index (Phi) is 5.38. The van der Waals surface area contributed by atoms with Gasteiger partial charge in [-0.3, -0.25) is 9.72 Å². The molecule has 0 bridgehead atoms. The van der Waals surface area contributed by atoms with Crippen molar-refractivity contribution >= 4 is 38.8 Å². The molecule has 24 heavy (non-hydrogen) atoms. The first-order valence-corrected chi connectivity index (χ1v) is 9.25. The third-order valence-electron chi connectivity index (χ3n) is 3.25. The topological polar surface area (TPSA) is 93.4 Å². The van der Waals surface area contributed by atoms with Crippen LogP contribution < -0.4 is 10.6 Å². The highest BCUT2D eigenvalue weighted by molar-refractivity contribution is 7.15. The molecule has 8 nitrogen and oxygen atoms in total. The average molecular weight is 366 g/mol. The SMILES string of the molecule is CCOCCc1nnc(NC(=O)N[C@@H](C)c2cn3ccsc3n2)s1. The lowest BCUT2D eigenvalue weighted by molar-refractivity contribution is 0.150. The van der Waals surface area contributed by atoms with Crippen LogP contribution in [-0.2, 0) is 11.2 Å². The molecule has 0 aliphatic carbocycles. The van der Waals surface area contributed by atoms with E-state index in [0.29, 0.717) is 24.8 Å². The van der Waals surface area contributed by atoms with Crippen LogP contribution in [-0.4, -0.2) is 38.8 Å². The van der Waals surface area contributed by atoms with Gasteiger partial charge in [-0.2, -0.15) is 0 Å². The van der Waals surface area contributed by atoms with Crippen LogP contribution in [0.25, 0.3) is 4.96 Å². The molecule has 10 heteroatoms. The molecular weight excluding hydrogens is 348 g/mol. The largest absolute Gasteiger partial charge is 0.381 e. The minimum absolute atomic E-state index is 0.206. The number of urea groups is 1. The monoisotopic (exact) mass is 366 g/mol. The van der Waals surface area contributed by atoms with Gasteiger partial charge in [0.05, 0.1) is 18.3 Å². The van der Waals surface area contributed by atoms with Gasteiger partial charge >= 0.3 is 6.03 Å². The minimum Gasteiger partial charge on any atom is -0.381 e. The van der Waals surface area contributed by atoms with E-state index in [1.165, 1.54) is 11.3 Å². The highest BCUT2D eigenvalue weighted by Gasteiger charge is 2.15. The molecule has 2 N–H and O–H groups in total. The molecule has 0 aliphatic heterocycles. The van der Waals surface area contributed by atoms with Gasteiger partial charge in [-0.1, -0.05) is 11.3 Å². The van der Waals surface area contributed by atoms with Crippen LogP contribution >= 0.6 is 22.7 Å². The van der Waals surface area contributed by atoms with E-state index in [9.17, 15) is 4.79 Å². The van der Waals surface area contributed by atoms with Gasteiger partial charge in [-0.05, 0) is 13.8 Å². The van der Waals surface area contributed by atoms with Crippen LogP contribution in [0.2, 0.25) is 0 Å². The fourth-order valence-corrected chi connectivity index (χ4v) is 3.49. The van der Waals surface area contributed by atoms with Gasteiger partial charge in [0.15, 0.2) is 4.96 Å². The number of carbonyl (C=O) groups is 1. The Hall–Kier alpha value is -2.04. The number of aromatic nitrogens is 4. The predicted octanol–water partition coefficient (Wildman–Crippen LogP) is 2.71. The maximum atomic E-state index is 12.1. The lowest BCUT2D eigenvalue weighted by Gasteiger charge is -2.10. The van der Waals surface area contributed by atoms with E-state index in [-0.39, 0.29) is 12.1 Å². The van der Waals surface area contributed by atoms with Gasteiger partial charge in [0.25, 0.3) is 0 Å². The normalized spacial score (nSPS) is 12.4. The van der Waals surface area contributed by atoms with Gasteiger partial charge in [0.1, 0.15) is 5.01 Å². The summed E-state index contributed by atoms with van der Waals surface area (Å²) in [6, 6.07) is -0.534. The predicted molar refractivity (Wildman–Crippen MR) is 93.7 cm³/mol. The average Bonchev–Trinajstić information content (AvgIpc) is 3.22. The Morgan fingerprint density at radius 3 is 3.12 bits per heavy atom. The molecule has 0 aliphatic rings. The van der Waals surface area contributed by atoms with Crippen molar-refractivity contribution in [2.24, 2.45) is 0 Å². The van der Waals surface area contributed by atoms with Crippen molar-refractivity contribution in [3.8, 4) is 0 Å². The molecule has 0 spiro atoms. The molecule has 3 aromatic heterocycles. The molecule has 0 radical (unpaired) electrons. The molecule has 3 rings (SSSR count). The van der Waals surface area contributed by atoms with E-state index in [4.69, 9.17) is 4.74 Å². The Balaban J connectivity index is 1.52. The zero-order valence-corrected chi connectivity index (χ0v) is 15.0. The number of ether oxygens (including phenoxy) is 1. The van der Waals surface area contributed by atoms with Crippen molar-refractivity contribution in [2.45, 2.75) is 26.3 Å². The van der Waals surface area contributed by atoms with Crippen molar-refractivity contribution in [2.75, 3.05) is 18.5 Å². The molecule has 0 saturated heterocycles. The number of hydrogen-bond acceptors (Lipinski definition) is 7. The standard InChI is InChI=1S/C14H18N6O2S2/c1-3-22-6-4-11-18-19-13(24-11)17-12(21)15-9(2)10-8-20-5-7-23-14(20)16-10/h5,7-9H,3-4,6H2,1-2H3,(H2,15,17,19,21)/t9-/m0/s1. The van der Waals surface area contributed by atoms with E-state index < -0.39 is 0 Å². The quantitative estimate of drug-likeness (QED) is 0.627. The number of thiazole rings is 1. The number of imidazole rings is 1. The summed E-state index contributed by atoms with van der Waals surface area (Å²) in [6.07, 6.45) is 4.54. The van der Waals surface area contributed by atoms with E-state index in [2.05, 4.69) is 25.8 Å². The number of nitrogens with one attached hydrogen (secondary N) is 2. The smallest absolute Gasteiger partial charge is 0.321 e. The Bertz CT molecular complexity index is 783. The van der Waals surface area contributed by atoms with Crippen molar-refractivity contribution in [1.82, 2.24) is 24.9 Å². The summed E-state index contributed by atoms with van der Waals surface area (Å²) in [6.45, 7) is 5.11. The number of amides is 2. The Morgan fingerprint density at radius 2 is 2.33 bits per heavy atom. The van der Waals surface area contributed by atoms with E-state index in [1.54, 1.807) is 11.3 Å². The number of rotatable bonds is 7. The van der Waals surface area contributed by atoms with Gasteiger partial charge in [-0.25, -0.2) is 9.78 Å². The van der Waals surface area contributed by atoms with Crippen LogP contribution in [0.3, 0.4) is 0 Å². The van der Waals surface area contributed by atoms with Crippen LogP contribution in [0.5, 0.6) is 0 Å². The third kappa shape index (κ3) is 4.08. The van der Waals surface area contributed by atoms with Crippen LogP contribution in [0.4, 0.5) is 9.93 Å². The second-order valence-corrected chi connectivity index (χ2v) is 6.96. The number of anilines is 1. The van der Waals surface area contributed by atoms with Gasteiger partial charge in [0.2, 0.25) is 5.13 Å². The van der Waals surface area contributed by atoms with Crippen molar-refractivity contribution in [3.63, 3.8) is 0 Å². The molecule has 128 valence electrons. The first-order valence-electron chi connectivity index (χ1n) is 7.55. The van der Waals surface area contributed by atoms with Crippen molar-refractivity contribution in [1.29, 1.82) is 0 Å². The van der Waals surface area contributed by atoms with Crippen LogP contribution in [0, 0.1) is 0 Å². The summed E-state index contributed by atoms with van der Waals surface area (Å²) >= 11 is 2.90. The van der Waals surface area contributed by atoms with Crippen molar-refractivity contribution < 1.29 is 9.53 Å². The summed E-state index contributed by atoms with van der Waals surface area (Å²) in [5.41, 5.74) is 0.812. The number of carbonyl (C=O) groups excluding carboxylic acids is 1. The highest BCUT2D eigenvalue weighted by Crippen LogP contribution is 2.18. The second kappa shape index (κ2) is 7.69. The van der Waals surface area contributed by atoms with E-state index in [1.807, 2.05) is 36.0 Å². The Morgan fingerprint density at radius 1 is 1.46 bits per heavy atom. The van der Waals surface area contributed by atoms with E-state index in [0.717, 1.165) is 15.7 Å². The third-order valence-corrected chi connectivity index (χ3v) is 4.92. The summed E-state index contributed by atoms with van der Waals surface area (Å²) in [7, 11) is 0. The molecular formula is C14H18N6O2S2. The summed E-state index contributed by atoms with van der Waals surface area (Å²) in [4.78, 5) is 17.5. The fourth-order valence-electron chi connectivity index (χ4n) is 2.07. The summed E-state index contributed by atoms with van der Waals surface area (Å²) in [5.74, 6) is 0. The molecule has 3 aromatic rings. The van der Waals surface area contributed by atoms with Gasteiger partial charge in [-0.15, -0.1) is 21.5 Å². The Labute approximate surface area is 146 Å². The lowest BCUT2D eigenvalue weighted by Crippen LogP contribution is -2.31. The number of nitrogens with zero attached hydrogens (tertiary/aromatic N) is 4. The first kappa shape index (κ1) is 16.8. The molecule has 0 aromatic carbocycles. The lowest BCUT2D eigenvalue weighted by atomic mass is 10.2. The molecule has 2 amide bonds. The molecule has 3 heterocycles. The highest BCUT2D eigenvalue weighted by atomic mass is 32.1. The number of fused-ring (bicyclic) bond motifs is 1. The maximum absolute atomic E-state index is 12.1. The molecule has 0 fully saturated rings. The second-order valence-electron chi connectivity index (χ2n) is 5.03. The first-order chi connectivity index (χ1) is 11.7. The number of hydrogen-bond donors (Lipinski definition) is 2. The minimum atomic E-state index is -0.327. The molecule has 1 atom stereocenters. The molecule has 0 saturated carbocycles. The summed E-state index contributed by atoms with van der Waals surface area (Å²) < 4.78 is 7.21. The maximum Gasteiger partial charge on any atom is 0.321 e.